The van der Waals surface area contributed by atoms with Crippen LogP contribution < -0.4 is 20.7 Å². The molecule has 7 heteroatoms. The number of primary amides is 1. The standard InChI is InChI=1S/C19H19N3O4/c20-17(23)12-26-16-9-5-4-8-14(16)18(24)21-15-10-11-22(19(15)25)13-6-2-1-3-7-13/h1-9,15H,10-12H2,(H2,20,23)(H,21,24). The number of benzene rings is 2. The second kappa shape index (κ2) is 7.69. The van der Waals surface area contributed by atoms with E-state index in [4.69, 9.17) is 10.5 Å². The van der Waals surface area contributed by atoms with Crippen molar-refractivity contribution in [2.75, 3.05) is 18.1 Å². The molecule has 26 heavy (non-hydrogen) atoms. The van der Waals surface area contributed by atoms with Gasteiger partial charge in [-0.25, -0.2) is 0 Å². The number of amides is 3. The molecule has 134 valence electrons. The van der Waals surface area contributed by atoms with Crippen LogP contribution in [0.3, 0.4) is 0 Å². The Balaban J connectivity index is 1.69. The molecule has 1 aliphatic heterocycles. The van der Waals surface area contributed by atoms with Crippen molar-refractivity contribution in [1.29, 1.82) is 0 Å². The molecule has 0 spiro atoms. The van der Waals surface area contributed by atoms with Gasteiger partial charge < -0.3 is 20.7 Å². The molecule has 3 amide bonds. The Labute approximate surface area is 150 Å². The normalized spacial score (nSPS) is 16.4. The van der Waals surface area contributed by atoms with Crippen LogP contribution in [0.4, 0.5) is 5.69 Å². The number of ether oxygens (including phenoxy) is 1. The van der Waals surface area contributed by atoms with Crippen molar-refractivity contribution in [3.63, 3.8) is 0 Å². The van der Waals surface area contributed by atoms with Crippen molar-refractivity contribution >= 4 is 23.4 Å². The summed E-state index contributed by atoms with van der Waals surface area (Å²) in [5.74, 6) is -0.975. The first kappa shape index (κ1) is 17.5. The molecule has 1 aliphatic rings. The molecule has 0 bridgehead atoms. The summed E-state index contributed by atoms with van der Waals surface area (Å²) in [5.41, 5.74) is 6.13. The molecule has 1 unspecified atom stereocenters. The summed E-state index contributed by atoms with van der Waals surface area (Å²) in [6, 6.07) is 15.2. The maximum absolute atomic E-state index is 12.6. The quantitative estimate of drug-likeness (QED) is 0.811. The Morgan fingerprint density at radius 3 is 2.54 bits per heavy atom. The highest BCUT2D eigenvalue weighted by atomic mass is 16.5. The molecule has 3 N–H and O–H groups in total. The number of hydrogen-bond acceptors (Lipinski definition) is 4. The first-order chi connectivity index (χ1) is 12.6. The van der Waals surface area contributed by atoms with Gasteiger partial charge in [-0.15, -0.1) is 0 Å². The van der Waals surface area contributed by atoms with E-state index in [2.05, 4.69) is 5.32 Å². The summed E-state index contributed by atoms with van der Waals surface area (Å²) in [6.45, 7) is 0.210. The summed E-state index contributed by atoms with van der Waals surface area (Å²) >= 11 is 0. The molecular formula is C19H19N3O4. The molecule has 0 aromatic heterocycles. The Bertz CT molecular complexity index is 823. The summed E-state index contributed by atoms with van der Waals surface area (Å²) in [4.78, 5) is 37.7. The molecule has 1 atom stereocenters. The summed E-state index contributed by atoms with van der Waals surface area (Å²) in [6.07, 6.45) is 0.518. The van der Waals surface area contributed by atoms with Crippen molar-refractivity contribution in [3.8, 4) is 5.75 Å². The van der Waals surface area contributed by atoms with Crippen LogP contribution in [0.15, 0.2) is 54.6 Å². The highest BCUT2D eigenvalue weighted by Gasteiger charge is 2.34. The lowest BCUT2D eigenvalue weighted by Crippen LogP contribution is -2.41. The molecule has 2 aromatic carbocycles. The number of rotatable bonds is 6. The highest BCUT2D eigenvalue weighted by molar-refractivity contribution is 6.04. The van der Waals surface area contributed by atoms with Crippen LogP contribution in [-0.4, -0.2) is 36.9 Å². The minimum Gasteiger partial charge on any atom is -0.483 e. The molecule has 2 aromatic rings. The minimum atomic E-state index is -0.635. The van der Waals surface area contributed by atoms with Crippen LogP contribution in [0, 0.1) is 0 Å². The fraction of sp³-hybridized carbons (Fsp3) is 0.211. The van der Waals surface area contributed by atoms with E-state index in [1.807, 2.05) is 30.3 Å². The second-order valence-electron chi connectivity index (χ2n) is 5.89. The monoisotopic (exact) mass is 353 g/mol. The zero-order valence-corrected chi connectivity index (χ0v) is 14.1. The maximum Gasteiger partial charge on any atom is 0.255 e. The number of nitrogens with zero attached hydrogens (tertiary/aromatic N) is 1. The number of nitrogens with two attached hydrogens (primary N) is 1. The van der Waals surface area contributed by atoms with E-state index >= 15 is 0 Å². The third-order valence-corrected chi connectivity index (χ3v) is 4.08. The molecule has 1 heterocycles. The first-order valence-corrected chi connectivity index (χ1v) is 8.23. The SMILES string of the molecule is NC(=O)COc1ccccc1C(=O)NC1CCN(c2ccccc2)C1=O. The summed E-state index contributed by atoms with van der Waals surface area (Å²) < 4.78 is 5.27. The van der Waals surface area contributed by atoms with Gasteiger partial charge in [0.1, 0.15) is 11.8 Å². The highest BCUT2D eigenvalue weighted by Crippen LogP contribution is 2.22. The number of hydrogen-bond donors (Lipinski definition) is 2. The third kappa shape index (κ3) is 3.83. The van der Waals surface area contributed by atoms with E-state index in [0.29, 0.717) is 13.0 Å². The summed E-state index contributed by atoms with van der Waals surface area (Å²) in [5, 5.41) is 2.75. The van der Waals surface area contributed by atoms with E-state index in [0.717, 1.165) is 5.69 Å². The van der Waals surface area contributed by atoms with Crippen LogP contribution in [0.25, 0.3) is 0 Å². The van der Waals surface area contributed by atoms with Gasteiger partial charge in [0.25, 0.3) is 11.8 Å². The number of anilines is 1. The van der Waals surface area contributed by atoms with Gasteiger partial charge in [0.15, 0.2) is 6.61 Å². The largest absolute Gasteiger partial charge is 0.483 e. The van der Waals surface area contributed by atoms with E-state index in [1.54, 1.807) is 29.2 Å². The molecule has 3 rings (SSSR count). The minimum absolute atomic E-state index is 0.153. The van der Waals surface area contributed by atoms with Crippen molar-refractivity contribution in [3.05, 3.63) is 60.2 Å². The van der Waals surface area contributed by atoms with Gasteiger partial charge in [0, 0.05) is 12.2 Å². The lowest BCUT2D eigenvalue weighted by atomic mass is 10.1. The maximum atomic E-state index is 12.6. The Morgan fingerprint density at radius 1 is 1.12 bits per heavy atom. The third-order valence-electron chi connectivity index (χ3n) is 4.08. The van der Waals surface area contributed by atoms with Gasteiger partial charge in [0.05, 0.1) is 5.56 Å². The molecule has 0 saturated carbocycles. The van der Waals surface area contributed by atoms with Crippen LogP contribution in [0.1, 0.15) is 16.8 Å². The van der Waals surface area contributed by atoms with E-state index < -0.39 is 17.9 Å². The van der Waals surface area contributed by atoms with Crippen LogP contribution in [0.5, 0.6) is 5.75 Å². The summed E-state index contributed by atoms with van der Waals surface area (Å²) in [7, 11) is 0. The van der Waals surface area contributed by atoms with Gasteiger partial charge in [-0.1, -0.05) is 30.3 Å². The van der Waals surface area contributed by atoms with E-state index in [9.17, 15) is 14.4 Å². The fourth-order valence-corrected chi connectivity index (χ4v) is 2.84. The van der Waals surface area contributed by atoms with Gasteiger partial charge in [-0.05, 0) is 30.7 Å². The zero-order chi connectivity index (χ0) is 18.5. The first-order valence-electron chi connectivity index (χ1n) is 8.23. The molecule has 7 nitrogen and oxygen atoms in total. The topological polar surface area (TPSA) is 102 Å². The van der Waals surface area contributed by atoms with Crippen LogP contribution in [0.2, 0.25) is 0 Å². The molecule has 0 radical (unpaired) electrons. The Hall–Kier alpha value is -3.35. The molecule has 1 saturated heterocycles. The number of nitrogens with one attached hydrogen (secondary N) is 1. The van der Waals surface area contributed by atoms with Crippen molar-refractivity contribution < 1.29 is 19.1 Å². The number of para-hydroxylation sites is 2. The molecular weight excluding hydrogens is 334 g/mol. The predicted molar refractivity (Wildman–Crippen MR) is 95.8 cm³/mol. The van der Waals surface area contributed by atoms with E-state index in [-0.39, 0.29) is 23.8 Å². The Kier molecular flexibility index (Phi) is 5.17. The van der Waals surface area contributed by atoms with Crippen molar-refractivity contribution in [2.45, 2.75) is 12.5 Å². The Morgan fingerprint density at radius 2 is 1.81 bits per heavy atom. The van der Waals surface area contributed by atoms with Gasteiger partial charge in [-0.2, -0.15) is 0 Å². The predicted octanol–water partition coefficient (Wildman–Crippen LogP) is 1.09. The fourth-order valence-electron chi connectivity index (χ4n) is 2.84. The van der Waals surface area contributed by atoms with Gasteiger partial charge in [0.2, 0.25) is 5.91 Å². The smallest absolute Gasteiger partial charge is 0.255 e. The van der Waals surface area contributed by atoms with Crippen LogP contribution in [-0.2, 0) is 9.59 Å². The van der Waals surface area contributed by atoms with Gasteiger partial charge >= 0.3 is 0 Å². The molecule has 1 fully saturated rings. The number of carbonyl (C=O) groups excluding carboxylic acids is 3. The van der Waals surface area contributed by atoms with Crippen molar-refractivity contribution in [1.82, 2.24) is 5.32 Å². The lowest BCUT2D eigenvalue weighted by molar-refractivity contribution is -0.120. The van der Waals surface area contributed by atoms with Crippen LogP contribution >= 0.6 is 0 Å². The average molecular weight is 353 g/mol. The second-order valence-corrected chi connectivity index (χ2v) is 5.89. The molecule has 0 aliphatic carbocycles. The van der Waals surface area contributed by atoms with Gasteiger partial charge in [-0.3, -0.25) is 14.4 Å². The number of carbonyl (C=O) groups is 3. The lowest BCUT2D eigenvalue weighted by Gasteiger charge is -2.17. The average Bonchev–Trinajstić information content (AvgIpc) is 3.01. The zero-order valence-electron chi connectivity index (χ0n) is 14.1. The van der Waals surface area contributed by atoms with E-state index in [1.165, 1.54) is 0 Å². The van der Waals surface area contributed by atoms with Crippen molar-refractivity contribution in [2.24, 2.45) is 5.73 Å².